The molecule has 0 radical (unpaired) electrons. The van der Waals surface area contributed by atoms with Crippen molar-refractivity contribution in [3.8, 4) is 0 Å². The van der Waals surface area contributed by atoms with Gasteiger partial charge in [-0.2, -0.15) is 0 Å². The van der Waals surface area contributed by atoms with E-state index < -0.39 is 125 Å². The molecule has 3 saturated heterocycles. The predicted octanol–water partition coefficient (Wildman–Crippen LogP) is -3.38. The van der Waals surface area contributed by atoms with Gasteiger partial charge >= 0.3 is 31.3 Å². The summed E-state index contributed by atoms with van der Waals surface area (Å²) < 4.78 is 102. The van der Waals surface area contributed by atoms with E-state index in [1.54, 1.807) is 0 Å². The number of anilines is 3. The van der Waals surface area contributed by atoms with E-state index in [4.69, 9.17) is 54.0 Å². The molecule has 6 aromatic rings. The van der Waals surface area contributed by atoms with Crippen LogP contribution in [0.15, 0.2) is 38.0 Å². The zero-order valence-electron chi connectivity index (χ0n) is 35.2. The topological polar surface area (TPSA) is 542 Å². The number of rotatable bonds is 18. The van der Waals surface area contributed by atoms with E-state index in [-0.39, 0.29) is 50.9 Å². The van der Waals surface area contributed by atoms with Crippen LogP contribution < -0.4 is 17.2 Å². The quantitative estimate of drug-likeness (QED) is 0.0374. The van der Waals surface area contributed by atoms with E-state index in [0.29, 0.717) is 0 Å². The molecule has 386 valence electrons. The first-order chi connectivity index (χ1) is 33.4. The Labute approximate surface area is 393 Å². The van der Waals surface area contributed by atoms with Gasteiger partial charge in [-0.25, -0.2) is 63.1 Å². The summed E-state index contributed by atoms with van der Waals surface area (Å²) >= 11 is 0. The number of hydrogen-bond acceptors (Lipinski definition) is 28. The van der Waals surface area contributed by atoms with Crippen molar-refractivity contribution in [2.75, 3.05) is 37.0 Å². The third-order valence-electron chi connectivity index (χ3n) is 10.9. The molecule has 3 aliphatic rings. The van der Waals surface area contributed by atoms with E-state index in [2.05, 4.69) is 49.4 Å². The summed E-state index contributed by atoms with van der Waals surface area (Å²) in [6.45, 7) is -3.11. The number of aliphatic hydroxyl groups excluding tert-OH is 3. The molecule has 0 saturated carbocycles. The van der Waals surface area contributed by atoms with E-state index in [9.17, 15) is 62.9 Å². The molecule has 2 unspecified atom stereocenters. The number of phosphoric ester groups is 4. The fraction of sp³-hybridized carbons (Fsp3) is 0.500. The number of ether oxygens (including phenoxy) is 3. The average molecular weight is 1090 g/mol. The van der Waals surface area contributed by atoms with Gasteiger partial charge in [0.1, 0.15) is 90.5 Å². The molecule has 3 aliphatic heterocycles. The summed E-state index contributed by atoms with van der Waals surface area (Å²) in [6, 6.07) is 0. The molecule has 6 aromatic heterocycles. The third kappa shape index (κ3) is 10.6. The highest BCUT2D eigenvalue weighted by Gasteiger charge is 2.54. The summed E-state index contributed by atoms with van der Waals surface area (Å²) in [5.41, 5.74) is 17.6. The number of phosphoric acid groups is 4. The van der Waals surface area contributed by atoms with Crippen LogP contribution in [0.25, 0.3) is 33.5 Å². The zero-order valence-corrected chi connectivity index (χ0v) is 38.8. The smallest absolute Gasteiger partial charge is 0.387 e. The van der Waals surface area contributed by atoms with Crippen LogP contribution in [0.4, 0.5) is 17.5 Å². The minimum atomic E-state index is -5.50. The van der Waals surface area contributed by atoms with E-state index in [1.165, 1.54) is 0 Å². The van der Waals surface area contributed by atoms with Gasteiger partial charge < -0.3 is 76.1 Å². The lowest BCUT2D eigenvalue weighted by molar-refractivity contribution is -0.0643. The van der Waals surface area contributed by atoms with Crippen molar-refractivity contribution in [1.82, 2.24) is 58.6 Å². The first-order valence-corrected chi connectivity index (χ1v) is 26.0. The lowest BCUT2D eigenvalue weighted by atomic mass is 10.1. The van der Waals surface area contributed by atoms with Gasteiger partial charge in [0.05, 0.1) is 38.8 Å². The fourth-order valence-corrected chi connectivity index (χ4v) is 10.5. The number of nitrogens with two attached hydrogens (primary N) is 3. The summed E-state index contributed by atoms with van der Waals surface area (Å²) in [4.78, 5) is 95.9. The molecular weight excluding hydrogens is 1050 g/mol. The van der Waals surface area contributed by atoms with Crippen LogP contribution in [0.3, 0.4) is 0 Å². The molecule has 3 fully saturated rings. The summed E-state index contributed by atoms with van der Waals surface area (Å²) in [6.07, 6.45) is -15.6. The SMILES string of the molecule is Nc1ncnc2c1ncn2[C@@H]1O[C@H](COP(=O)(O)O[C@@H]2[C@H](O)[C@@H](COP(=O)(O)O)O[C@H]2n2cnc3c(N)ncnc32)[C@H](O)[C@H]1OP(=O)(O)OC[C@H]1O[C@@H](n2cnc3c(N)ncnc32)[C@H](OP(=O)(O)O)[C@@H]1O. The predicted molar refractivity (Wildman–Crippen MR) is 225 cm³/mol. The van der Waals surface area contributed by atoms with Gasteiger partial charge in [0.25, 0.3) is 0 Å². The maximum Gasteiger partial charge on any atom is 0.472 e. The van der Waals surface area contributed by atoms with Crippen LogP contribution in [0.2, 0.25) is 0 Å². The van der Waals surface area contributed by atoms with Crippen LogP contribution in [0.5, 0.6) is 0 Å². The number of imidazole rings is 3. The Bertz CT molecular complexity index is 3140. The first kappa shape index (κ1) is 51.2. The highest BCUT2D eigenvalue weighted by molar-refractivity contribution is 7.47. The van der Waals surface area contributed by atoms with Crippen molar-refractivity contribution in [2.24, 2.45) is 0 Å². The monoisotopic (exact) mass is 1090 g/mol. The van der Waals surface area contributed by atoms with Crippen LogP contribution in [0, 0.1) is 0 Å². The Balaban J connectivity index is 0.932. The van der Waals surface area contributed by atoms with Crippen molar-refractivity contribution in [3.63, 3.8) is 0 Å². The van der Waals surface area contributed by atoms with Gasteiger partial charge in [0.15, 0.2) is 53.1 Å². The molecule has 37 nitrogen and oxygen atoms in total. The van der Waals surface area contributed by atoms with Crippen molar-refractivity contribution >= 4 is 82.2 Å². The molecule has 0 aromatic carbocycles. The molecule has 9 heterocycles. The molecule has 0 spiro atoms. The van der Waals surface area contributed by atoms with E-state index >= 15 is 0 Å². The number of aliphatic hydroxyl groups is 3. The van der Waals surface area contributed by atoms with Gasteiger partial charge in [-0.3, -0.25) is 40.8 Å². The molecule has 0 bridgehead atoms. The van der Waals surface area contributed by atoms with Crippen molar-refractivity contribution < 1.29 is 104 Å². The lowest BCUT2D eigenvalue weighted by Crippen LogP contribution is -2.37. The normalized spacial score (nSPS) is 30.2. The van der Waals surface area contributed by atoms with Crippen LogP contribution in [-0.2, 0) is 59.6 Å². The van der Waals surface area contributed by atoms with Gasteiger partial charge in [-0.05, 0) is 0 Å². The van der Waals surface area contributed by atoms with Gasteiger partial charge in [-0.15, -0.1) is 0 Å². The fourth-order valence-electron chi connectivity index (χ4n) is 7.78. The third-order valence-corrected chi connectivity index (χ3v) is 13.9. The number of hydrogen-bond donors (Lipinski definition) is 12. The molecule has 14 atom stereocenters. The summed E-state index contributed by atoms with van der Waals surface area (Å²) in [7, 11) is -21.5. The second-order valence-electron chi connectivity index (χ2n) is 15.4. The minimum absolute atomic E-state index is 0.00855. The second kappa shape index (κ2) is 19.3. The Hall–Kier alpha value is -4.75. The molecule has 15 N–H and O–H groups in total. The van der Waals surface area contributed by atoms with Crippen molar-refractivity contribution in [1.29, 1.82) is 0 Å². The second-order valence-corrected chi connectivity index (χ2v) is 20.7. The summed E-state index contributed by atoms with van der Waals surface area (Å²) in [5.74, 6) is -0.301. The molecule has 0 aliphatic carbocycles. The average Bonchev–Trinajstić information content (AvgIpc) is 4.15. The number of nitrogen functional groups attached to an aromatic ring is 3. The maximum absolute atomic E-state index is 13.7. The van der Waals surface area contributed by atoms with Crippen molar-refractivity contribution in [2.45, 2.75) is 73.6 Å². The highest BCUT2D eigenvalue weighted by Crippen LogP contribution is 2.54. The Kier molecular flexibility index (Phi) is 13.9. The summed E-state index contributed by atoms with van der Waals surface area (Å²) in [5, 5.41) is 34.0. The standard InChI is InChI=1S/C30H39N15O22P4/c31-22-13-25(37-4-34-22)43(7-40-13)28-19(65-69(52,53)54)16(46)11(63-28)2-60-70(55,56)67-21-18(48)12(64-30(21)45-9-42-15-24(33)36-6-39-27(15)45)3-61-71(57,58)66-20-17(47)10(1-59-68(49,50)51)62-29(20)44-8-41-14-23(32)35-5-38-26(14)44/h4-12,16-21,28-30,46-48H,1-3H2,(H,55,56)(H,57,58)(H2,31,34,37)(H2,32,35,38)(H2,33,36,39)(H2,49,50,51)(H2,52,53,54)/t10-,11-,12-,16-,17-,18+,19-,20-,21-,28-,29-,30-/m1/s1. The van der Waals surface area contributed by atoms with Crippen LogP contribution >= 0.6 is 31.3 Å². The Morgan fingerprint density at radius 2 is 0.775 bits per heavy atom. The molecule has 41 heteroatoms. The van der Waals surface area contributed by atoms with Crippen molar-refractivity contribution in [3.05, 3.63) is 38.0 Å². The Morgan fingerprint density at radius 3 is 1.08 bits per heavy atom. The van der Waals surface area contributed by atoms with Gasteiger partial charge in [0.2, 0.25) is 0 Å². The van der Waals surface area contributed by atoms with E-state index in [1.807, 2.05) is 0 Å². The first-order valence-electron chi connectivity index (χ1n) is 19.9. The maximum atomic E-state index is 13.7. The van der Waals surface area contributed by atoms with Crippen LogP contribution in [-0.4, -0.2) is 178 Å². The number of aromatic nitrogens is 12. The zero-order chi connectivity index (χ0) is 50.9. The highest BCUT2D eigenvalue weighted by atomic mass is 31.2. The molecular formula is C30H39N15O22P4. The Morgan fingerprint density at radius 1 is 0.465 bits per heavy atom. The minimum Gasteiger partial charge on any atom is -0.387 e. The molecule has 0 amide bonds. The molecule has 71 heavy (non-hydrogen) atoms. The van der Waals surface area contributed by atoms with E-state index in [0.717, 1.165) is 51.7 Å². The van der Waals surface area contributed by atoms with Crippen LogP contribution in [0.1, 0.15) is 18.7 Å². The number of fused-ring (bicyclic) bond motifs is 3. The lowest BCUT2D eigenvalue weighted by Gasteiger charge is -2.25. The van der Waals surface area contributed by atoms with Gasteiger partial charge in [0, 0.05) is 0 Å². The van der Waals surface area contributed by atoms with Gasteiger partial charge in [-0.1, -0.05) is 0 Å². The molecule has 9 rings (SSSR count). The number of nitrogens with zero attached hydrogens (tertiary/aromatic N) is 12. The largest absolute Gasteiger partial charge is 0.472 e.